The molecular weight excluding hydrogens is 364 g/mol. The van der Waals surface area contributed by atoms with Gasteiger partial charge >= 0.3 is 0 Å². The number of carbonyl (C=O) groups is 1. The summed E-state index contributed by atoms with van der Waals surface area (Å²) in [5.41, 5.74) is 0.434. The van der Waals surface area contributed by atoms with E-state index in [9.17, 15) is 13.2 Å². The van der Waals surface area contributed by atoms with Crippen LogP contribution in [-0.2, 0) is 14.8 Å². The van der Waals surface area contributed by atoms with Gasteiger partial charge in [-0.3, -0.25) is 9.69 Å². The van der Waals surface area contributed by atoms with E-state index >= 15 is 0 Å². The summed E-state index contributed by atoms with van der Waals surface area (Å²) in [6.07, 6.45) is 3.31. The van der Waals surface area contributed by atoms with Gasteiger partial charge < -0.3 is 4.90 Å². The second kappa shape index (κ2) is 8.38. The van der Waals surface area contributed by atoms with Gasteiger partial charge in [0.2, 0.25) is 15.9 Å². The van der Waals surface area contributed by atoms with Gasteiger partial charge in [0.25, 0.3) is 0 Å². The maximum absolute atomic E-state index is 12.8. The highest BCUT2D eigenvalue weighted by molar-refractivity contribution is 7.89. The molecule has 1 atom stereocenters. The van der Waals surface area contributed by atoms with E-state index in [1.165, 1.54) is 35.0 Å². The number of hydrogen-bond acceptors (Lipinski definition) is 5. The highest BCUT2D eigenvalue weighted by Gasteiger charge is 2.33. The Balaban J connectivity index is 1.60. The average Bonchev–Trinajstić information content (AvgIpc) is 2.73. The lowest BCUT2D eigenvalue weighted by Crippen LogP contribution is -2.55. The van der Waals surface area contributed by atoms with Gasteiger partial charge in [-0.15, -0.1) is 0 Å². The number of amides is 1. The third-order valence-electron chi connectivity index (χ3n) is 5.47. The maximum Gasteiger partial charge on any atom is 0.243 e. The zero-order valence-electron chi connectivity index (χ0n) is 15.7. The van der Waals surface area contributed by atoms with Gasteiger partial charge in [-0.05, 0) is 50.5 Å². The fourth-order valence-corrected chi connectivity index (χ4v) is 5.14. The molecule has 1 amide bonds. The first-order valence-electron chi connectivity index (χ1n) is 9.46. The molecule has 2 fully saturated rings. The molecule has 146 valence electrons. The largest absolute Gasteiger partial charge is 0.341 e. The van der Waals surface area contributed by atoms with E-state index in [4.69, 9.17) is 5.26 Å². The molecule has 2 aliphatic heterocycles. The van der Waals surface area contributed by atoms with Gasteiger partial charge in [-0.1, -0.05) is 0 Å². The zero-order chi connectivity index (χ0) is 19.4. The normalized spacial score (nSPS) is 20.8. The molecule has 0 aromatic heterocycles. The number of hydrogen-bond donors (Lipinski definition) is 0. The Morgan fingerprint density at radius 1 is 1.00 bits per heavy atom. The first kappa shape index (κ1) is 19.8. The zero-order valence-corrected chi connectivity index (χ0v) is 16.5. The summed E-state index contributed by atoms with van der Waals surface area (Å²) in [4.78, 5) is 16.9. The SMILES string of the molecule is CC(C(=O)N1CCCCC1)N1CCN(S(=O)(=O)c2ccc(C#N)cc2)CC1. The smallest absolute Gasteiger partial charge is 0.243 e. The van der Waals surface area contributed by atoms with Crippen molar-refractivity contribution in [2.24, 2.45) is 0 Å². The summed E-state index contributed by atoms with van der Waals surface area (Å²) < 4.78 is 27.0. The molecule has 3 rings (SSSR count). The monoisotopic (exact) mass is 390 g/mol. The molecule has 2 saturated heterocycles. The van der Waals surface area contributed by atoms with Crippen LogP contribution in [0.2, 0.25) is 0 Å². The van der Waals surface area contributed by atoms with Crippen LogP contribution in [0.1, 0.15) is 31.7 Å². The van der Waals surface area contributed by atoms with E-state index in [2.05, 4.69) is 4.90 Å². The van der Waals surface area contributed by atoms with Crippen molar-refractivity contribution in [3.05, 3.63) is 29.8 Å². The van der Waals surface area contributed by atoms with E-state index in [-0.39, 0.29) is 16.8 Å². The predicted octanol–water partition coefficient (Wildman–Crippen LogP) is 1.27. The fraction of sp³-hybridized carbons (Fsp3) is 0.579. The standard InChI is InChI=1S/C19H26N4O3S/c1-16(19(24)22-9-3-2-4-10-22)21-11-13-23(14-12-21)27(25,26)18-7-5-17(15-20)6-8-18/h5-8,16H,2-4,9-14H2,1H3. The van der Waals surface area contributed by atoms with E-state index in [1.807, 2.05) is 17.9 Å². The van der Waals surface area contributed by atoms with Crippen molar-refractivity contribution in [2.75, 3.05) is 39.3 Å². The van der Waals surface area contributed by atoms with Gasteiger partial charge in [-0.2, -0.15) is 9.57 Å². The van der Waals surface area contributed by atoms with Crippen molar-refractivity contribution in [1.29, 1.82) is 5.26 Å². The molecule has 0 saturated carbocycles. The first-order valence-corrected chi connectivity index (χ1v) is 10.9. The van der Waals surface area contributed by atoms with Crippen molar-refractivity contribution in [3.8, 4) is 6.07 Å². The minimum atomic E-state index is -3.57. The lowest BCUT2D eigenvalue weighted by molar-refractivity contribution is -0.137. The van der Waals surface area contributed by atoms with Crippen molar-refractivity contribution in [1.82, 2.24) is 14.1 Å². The lowest BCUT2D eigenvalue weighted by Gasteiger charge is -2.39. The molecule has 2 aliphatic rings. The van der Waals surface area contributed by atoms with Gasteiger partial charge in [0.1, 0.15) is 0 Å². The Morgan fingerprint density at radius 2 is 1.59 bits per heavy atom. The minimum absolute atomic E-state index is 0.151. The molecular formula is C19H26N4O3S. The number of likely N-dealkylation sites (tertiary alicyclic amines) is 1. The number of piperazine rings is 1. The topological polar surface area (TPSA) is 84.7 Å². The molecule has 1 aromatic rings. The number of carbonyl (C=O) groups excluding carboxylic acids is 1. The molecule has 0 aliphatic carbocycles. The van der Waals surface area contributed by atoms with E-state index in [1.54, 1.807) is 0 Å². The van der Waals surface area contributed by atoms with Crippen LogP contribution in [0.15, 0.2) is 29.2 Å². The Kier molecular flexibility index (Phi) is 6.15. The lowest BCUT2D eigenvalue weighted by atomic mass is 10.1. The summed E-state index contributed by atoms with van der Waals surface area (Å²) >= 11 is 0. The quantitative estimate of drug-likeness (QED) is 0.773. The highest BCUT2D eigenvalue weighted by atomic mass is 32.2. The molecule has 7 nitrogen and oxygen atoms in total. The van der Waals surface area contributed by atoms with Crippen LogP contribution < -0.4 is 0 Å². The Labute approximate surface area is 161 Å². The second-order valence-electron chi connectivity index (χ2n) is 7.14. The number of nitriles is 1. The number of rotatable bonds is 4. The van der Waals surface area contributed by atoms with Crippen LogP contribution in [0, 0.1) is 11.3 Å². The van der Waals surface area contributed by atoms with Gasteiger partial charge in [0.05, 0.1) is 22.6 Å². The van der Waals surface area contributed by atoms with Crippen LogP contribution in [0.4, 0.5) is 0 Å². The predicted molar refractivity (Wildman–Crippen MR) is 101 cm³/mol. The molecule has 0 spiro atoms. The summed E-state index contributed by atoms with van der Waals surface area (Å²) in [5, 5.41) is 8.85. The van der Waals surface area contributed by atoms with Crippen molar-refractivity contribution in [3.63, 3.8) is 0 Å². The van der Waals surface area contributed by atoms with Crippen molar-refractivity contribution >= 4 is 15.9 Å². The Morgan fingerprint density at radius 3 is 2.15 bits per heavy atom. The van der Waals surface area contributed by atoms with Gasteiger partial charge in [0.15, 0.2) is 0 Å². The van der Waals surface area contributed by atoms with Crippen LogP contribution in [0.3, 0.4) is 0 Å². The van der Waals surface area contributed by atoms with Crippen LogP contribution in [0.25, 0.3) is 0 Å². The molecule has 0 N–H and O–H groups in total. The summed E-state index contributed by atoms with van der Waals surface area (Å²) in [5.74, 6) is 0.151. The summed E-state index contributed by atoms with van der Waals surface area (Å²) in [6, 6.07) is 7.75. The third-order valence-corrected chi connectivity index (χ3v) is 7.38. The molecule has 1 unspecified atom stereocenters. The Hall–Kier alpha value is -1.95. The van der Waals surface area contributed by atoms with Gasteiger partial charge in [0, 0.05) is 39.3 Å². The number of nitrogens with zero attached hydrogens (tertiary/aromatic N) is 4. The number of sulfonamides is 1. The summed E-state index contributed by atoms with van der Waals surface area (Å²) in [6.45, 7) is 5.38. The third kappa shape index (κ3) is 4.32. The summed E-state index contributed by atoms with van der Waals surface area (Å²) in [7, 11) is -3.57. The van der Waals surface area contributed by atoms with E-state index in [0.29, 0.717) is 31.7 Å². The molecule has 8 heteroatoms. The molecule has 0 bridgehead atoms. The minimum Gasteiger partial charge on any atom is -0.341 e. The van der Waals surface area contributed by atoms with Gasteiger partial charge in [-0.25, -0.2) is 8.42 Å². The van der Waals surface area contributed by atoms with Crippen LogP contribution in [-0.4, -0.2) is 73.7 Å². The van der Waals surface area contributed by atoms with Crippen molar-refractivity contribution < 1.29 is 13.2 Å². The maximum atomic E-state index is 12.8. The Bertz CT molecular complexity index is 802. The first-order chi connectivity index (χ1) is 12.9. The fourth-order valence-electron chi connectivity index (χ4n) is 3.72. The molecule has 27 heavy (non-hydrogen) atoms. The molecule has 1 aromatic carbocycles. The molecule has 0 radical (unpaired) electrons. The second-order valence-corrected chi connectivity index (χ2v) is 9.08. The van der Waals surface area contributed by atoms with Crippen LogP contribution in [0.5, 0.6) is 0 Å². The van der Waals surface area contributed by atoms with Crippen LogP contribution >= 0.6 is 0 Å². The number of piperidine rings is 1. The number of benzene rings is 1. The van der Waals surface area contributed by atoms with E-state index in [0.717, 1.165) is 25.9 Å². The highest BCUT2D eigenvalue weighted by Crippen LogP contribution is 2.20. The average molecular weight is 391 g/mol. The van der Waals surface area contributed by atoms with Crippen molar-refractivity contribution in [2.45, 2.75) is 37.1 Å². The molecule has 2 heterocycles. The van der Waals surface area contributed by atoms with E-state index < -0.39 is 10.0 Å².